The molecule has 0 aliphatic carbocycles. The van der Waals surface area contributed by atoms with Crippen LogP contribution in [-0.4, -0.2) is 15.1 Å². The molecule has 0 aliphatic rings. The molecule has 5 heteroatoms. The summed E-state index contributed by atoms with van der Waals surface area (Å²) in [6, 6.07) is 3.92. The quantitative estimate of drug-likeness (QED) is 0.770. The van der Waals surface area contributed by atoms with Crippen LogP contribution < -0.4 is 5.32 Å². The van der Waals surface area contributed by atoms with E-state index in [9.17, 15) is 0 Å². The Bertz CT molecular complexity index is 360. The number of aromatic nitrogens is 3. The van der Waals surface area contributed by atoms with Gasteiger partial charge in [0.25, 0.3) is 0 Å². The van der Waals surface area contributed by atoms with Gasteiger partial charge in [-0.05, 0) is 17.7 Å². The van der Waals surface area contributed by atoms with E-state index in [2.05, 4.69) is 25.0 Å². The third-order valence-corrected chi connectivity index (χ3v) is 1.77. The van der Waals surface area contributed by atoms with Gasteiger partial charge in [-0.1, -0.05) is 5.16 Å². The third-order valence-electron chi connectivity index (χ3n) is 1.77. The van der Waals surface area contributed by atoms with Crippen molar-refractivity contribution in [1.82, 2.24) is 20.4 Å². The monoisotopic (exact) mass is 190 g/mol. The fourth-order valence-corrected chi connectivity index (χ4v) is 1.09. The van der Waals surface area contributed by atoms with Gasteiger partial charge in [-0.3, -0.25) is 4.98 Å². The SMILES string of the molecule is c1cc(CNCc2ncon2)ccn1. The Kier molecular flexibility index (Phi) is 2.82. The lowest BCUT2D eigenvalue weighted by molar-refractivity contribution is 0.407. The van der Waals surface area contributed by atoms with Gasteiger partial charge in [-0.15, -0.1) is 0 Å². The lowest BCUT2D eigenvalue weighted by Crippen LogP contribution is -2.13. The van der Waals surface area contributed by atoms with Crippen molar-refractivity contribution in [3.63, 3.8) is 0 Å². The van der Waals surface area contributed by atoms with E-state index in [4.69, 9.17) is 0 Å². The molecule has 0 bridgehead atoms. The number of hydrogen-bond acceptors (Lipinski definition) is 5. The Labute approximate surface area is 81.2 Å². The highest BCUT2D eigenvalue weighted by atomic mass is 16.5. The molecule has 0 aliphatic heterocycles. The second kappa shape index (κ2) is 4.48. The van der Waals surface area contributed by atoms with Crippen molar-refractivity contribution in [3.05, 3.63) is 42.3 Å². The Morgan fingerprint density at radius 2 is 2.07 bits per heavy atom. The highest BCUT2D eigenvalue weighted by molar-refractivity contribution is 5.08. The summed E-state index contributed by atoms with van der Waals surface area (Å²) in [7, 11) is 0. The zero-order valence-electron chi connectivity index (χ0n) is 7.55. The molecule has 0 spiro atoms. The maximum absolute atomic E-state index is 4.61. The topological polar surface area (TPSA) is 63.8 Å². The Morgan fingerprint density at radius 1 is 1.21 bits per heavy atom. The summed E-state index contributed by atoms with van der Waals surface area (Å²) in [5.74, 6) is 0.666. The summed E-state index contributed by atoms with van der Waals surface area (Å²) in [6.45, 7) is 1.38. The van der Waals surface area contributed by atoms with E-state index < -0.39 is 0 Å². The molecule has 2 rings (SSSR count). The standard InChI is InChI=1S/C9H10N4O/c1-3-10-4-2-8(1)5-11-6-9-12-7-14-13-9/h1-4,7,11H,5-6H2. The molecule has 0 saturated heterocycles. The minimum absolute atomic E-state index is 0.610. The van der Waals surface area contributed by atoms with Crippen LogP contribution in [0.3, 0.4) is 0 Å². The van der Waals surface area contributed by atoms with Crippen molar-refractivity contribution in [2.24, 2.45) is 0 Å². The highest BCUT2D eigenvalue weighted by Crippen LogP contribution is 1.95. The van der Waals surface area contributed by atoms with E-state index in [1.165, 1.54) is 12.0 Å². The maximum Gasteiger partial charge on any atom is 0.213 e. The minimum atomic E-state index is 0.610. The molecule has 0 fully saturated rings. The molecule has 1 N–H and O–H groups in total. The van der Waals surface area contributed by atoms with Gasteiger partial charge in [0.1, 0.15) is 0 Å². The average Bonchev–Trinajstić information content (AvgIpc) is 2.72. The van der Waals surface area contributed by atoms with Crippen LogP contribution in [0.25, 0.3) is 0 Å². The first-order chi connectivity index (χ1) is 6.95. The van der Waals surface area contributed by atoms with E-state index in [1.54, 1.807) is 12.4 Å². The highest BCUT2D eigenvalue weighted by Gasteiger charge is 1.96. The molecule has 72 valence electrons. The van der Waals surface area contributed by atoms with Gasteiger partial charge in [-0.2, -0.15) is 4.98 Å². The van der Waals surface area contributed by atoms with Gasteiger partial charge < -0.3 is 9.84 Å². The van der Waals surface area contributed by atoms with Crippen molar-refractivity contribution >= 4 is 0 Å². The van der Waals surface area contributed by atoms with Crippen molar-refractivity contribution in [1.29, 1.82) is 0 Å². The van der Waals surface area contributed by atoms with Crippen molar-refractivity contribution in [2.45, 2.75) is 13.1 Å². The normalized spacial score (nSPS) is 10.3. The second-order valence-corrected chi connectivity index (χ2v) is 2.81. The lowest BCUT2D eigenvalue weighted by atomic mass is 10.3. The molecule has 0 aromatic carbocycles. The maximum atomic E-state index is 4.61. The van der Waals surface area contributed by atoms with Crippen LogP contribution in [0.2, 0.25) is 0 Å². The number of pyridine rings is 1. The number of rotatable bonds is 4. The van der Waals surface area contributed by atoms with Gasteiger partial charge in [0.15, 0.2) is 5.82 Å². The van der Waals surface area contributed by atoms with Crippen LogP contribution in [0.15, 0.2) is 35.4 Å². The van der Waals surface area contributed by atoms with Crippen LogP contribution in [0, 0.1) is 0 Å². The first-order valence-corrected chi connectivity index (χ1v) is 4.30. The summed E-state index contributed by atoms with van der Waals surface area (Å²) < 4.78 is 4.61. The first kappa shape index (κ1) is 8.83. The van der Waals surface area contributed by atoms with Crippen LogP contribution in [0.1, 0.15) is 11.4 Å². The van der Waals surface area contributed by atoms with E-state index >= 15 is 0 Å². The summed E-state index contributed by atoms with van der Waals surface area (Å²) in [5.41, 5.74) is 1.18. The third kappa shape index (κ3) is 2.37. The minimum Gasteiger partial charge on any atom is -0.343 e. The van der Waals surface area contributed by atoms with E-state index in [-0.39, 0.29) is 0 Å². The molecular formula is C9H10N4O. The Hall–Kier alpha value is -1.75. The Morgan fingerprint density at radius 3 is 2.79 bits per heavy atom. The first-order valence-electron chi connectivity index (χ1n) is 4.30. The molecule has 0 radical (unpaired) electrons. The molecule has 14 heavy (non-hydrogen) atoms. The van der Waals surface area contributed by atoms with E-state index in [0.717, 1.165) is 6.54 Å². The fraction of sp³-hybridized carbons (Fsp3) is 0.222. The van der Waals surface area contributed by atoms with Crippen molar-refractivity contribution in [3.8, 4) is 0 Å². The van der Waals surface area contributed by atoms with Gasteiger partial charge >= 0.3 is 0 Å². The molecule has 5 nitrogen and oxygen atoms in total. The molecule has 0 saturated carbocycles. The fourth-order valence-electron chi connectivity index (χ4n) is 1.09. The molecule has 2 aromatic heterocycles. The largest absolute Gasteiger partial charge is 0.343 e. The second-order valence-electron chi connectivity index (χ2n) is 2.81. The molecule has 0 unspecified atom stereocenters. The van der Waals surface area contributed by atoms with Gasteiger partial charge in [0, 0.05) is 18.9 Å². The van der Waals surface area contributed by atoms with Gasteiger partial charge in [0.05, 0.1) is 6.54 Å². The van der Waals surface area contributed by atoms with Crippen molar-refractivity contribution < 1.29 is 4.52 Å². The van der Waals surface area contributed by atoms with Crippen LogP contribution in [0.5, 0.6) is 0 Å². The van der Waals surface area contributed by atoms with Crippen LogP contribution in [-0.2, 0) is 13.1 Å². The zero-order chi connectivity index (χ0) is 9.64. The molecule has 2 aromatic rings. The van der Waals surface area contributed by atoms with Crippen LogP contribution >= 0.6 is 0 Å². The predicted molar refractivity (Wildman–Crippen MR) is 49.1 cm³/mol. The number of nitrogens with one attached hydrogen (secondary N) is 1. The zero-order valence-corrected chi connectivity index (χ0v) is 7.55. The summed E-state index contributed by atoms with van der Waals surface area (Å²) >= 11 is 0. The average molecular weight is 190 g/mol. The number of hydrogen-bond donors (Lipinski definition) is 1. The summed E-state index contributed by atoms with van der Waals surface area (Å²) in [5, 5.41) is 6.88. The number of nitrogens with zero attached hydrogens (tertiary/aromatic N) is 3. The Balaban J connectivity index is 1.79. The van der Waals surface area contributed by atoms with Crippen molar-refractivity contribution in [2.75, 3.05) is 0 Å². The smallest absolute Gasteiger partial charge is 0.213 e. The van der Waals surface area contributed by atoms with E-state index in [0.29, 0.717) is 12.4 Å². The summed E-state index contributed by atoms with van der Waals surface area (Å²) in [4.78, 5) is 7.83. The molecule has 0 atom stereocenters. The predicted octanol–water partition coefficient (Wildman–Crippen LogP) is 0.754. The van der Waals surface area contributed by atoms with E-state index in [1.807, 2.05) is 12.1 Å². The molecule has 2 heterocycles. The lowest BCUT2D eigenvalue weighted by Gasteiger charge is -2.00. The summed E-state index contributed by atoms with van der Waals surface area (Å²) in [6.07, 6.45) is 4.86. The van der Waals surface area contributed by atoms with Gasteiger partial charge in [-0.25, -0.2) is 0 Å². The molecule has 0 amide bonds. The molecular weight excluding hydrogens is 180 g/mol. The van der Waals surface area contributed by atoms with Crippen LogP contribution in [0.4, 0.5) is 0 Å². The van der Waals surface area contributed by atoms with Gasteiger partial charge in [0.2, 0.25) is 6.39 Å².